The molecular weight excluding hydrogens is 680 g/mol. The molecule has 2 N–H and O–H groups in total. The molecule has 0 aromatic heterocycles. The second-order valence-electron chi connectivity index (χ2n) is 14.9. The fourth-order valence-corrected chi connectivity index (χ4v) is 6.28. The lowest BCUT2D eigenvalue weighted by Crippen LogP contribution is -2.31. The van der Waals surface area contributed by atoms with E-state index < -0.39 is 12.2 Å². The molecule has 0 bridgehead atoms. The molecule has 1 aromatic carbocycles. The van der Waals surface area contributed by atoms with Crippen molar-refractivity contribution in [3.8, 4) is 11.5 Å². The standard InChI is InChI=1S/C46H82O8/c1-5-9-11-13-15-17-19-21-23-25-28-41(47)35-51-45(37-49-32-7-3)39-53-43-30-27-31-44(34-43)54-40-46(38-50-33-8-4)52-36-42(48)29-26-24-22-20-18-16-14-12-10-6-2/h7-8,27,30-31,34,41-42,45-48H,3-6,9-26,28-29,32-33,35-40H2,1-2H3. The number of aliphatic hydroxyl groups is 2. The van der Waals surface area contributed by atoms with Gasteiger partial charge in [-0.1, -0.05) is 160 Å². The van der Waals surface area contributed by atoms with Gasteiger partial charge in [0.1, 0.15) is 36.9 Å². The summed E-state index contributed by atoms with van der Waals surface area (Å²) in [6.45, 7) is 14.5. The lowest BCUT2D eigenvalue weighted by Gasteiger charge is -2.21. The zero-order chi connectivity index (χ0) is 39.2. The van der Waals surface area contributed by atoms with Crippen LogP contribution in [0.5, 0.6) is 11.5 Å². The molecule has 8 nitrogen and oxygen atoms in total. The van der Waals surface area contributed by atoms with E-state index in [0.29, 0.717) is 37.9 Å². The minimum Gasteiger partial charge on any atom is -0.491 e. The molecule has 0 radical (unpaired) electrons. The van der Waals surface area contributed by atoms with E-state index in [-0.39, 0.29) is 38.6 Å². The van der Waals surface area contributed by atoms with Gasteiger partial charge in [0.15, 0.2) is 0 Å². The molecule has 0 aliphatic heterocycles. The van der Waals surface area contributed by atoms with Crippen molar-refractivity contribution in [2.45, 2.75) is 180 Å². The number of unbranched alkanes of at least 4 members (excludes halogenated alkanes) is 18. The molecule has 1 rings (SSSR count). The van der Waals surface area contributed by atoms with Crippen LogP contribution in [-0.2, 0) is 18.9 Å². The molecule has 0 spiro atoms. The maximum absolute atomic E-state index is 10.6. The number of hydrogen-bond donors (Lipinski definition) is 2. The van der Waals surface area contributed by atoms with Gasteiger partial charge in [0.25, 0.3) is 0 Å². The van der Waals surface area contributed by atoms with E-state index in [1.807, 2.05) is 24.3 Å². The summed E-state index contributed by atoms with van der Waals surface area (Å²) in [6.07, 6.45) is 28.6. The Balaban J connectivity index is 2.44. The molecule has 4 unspecified atom stereocenters. The molecule has 0 aliphatic carbocycles. The predicted molar refractivity (Wildman–Crippen MR) is 224 cm³/mol. The average molecular weight is 763 g/mol. The van der Waals surface area contributed by atoms with Crippen LogP contribution in [0.1, 0.15) is 155 Å². The summed E-state index contributed by atoms with van der Waals surface area (Å²) in [5.74, 6) is 1.28. The Morgan fingerprint density at radius 1 is 0.500 bits per heavy atom. The summed E-state index contributed by atoms with van der Waals surface area (Å²) >= 11 is 0. The minimum atomic E-state index is -0.510. The third kappa shape index (κ3) is 31.3. The molecule has 0 saturated carbocycles. The highest BCUT2D eigenvalue weighted by Gasteiger charge is 2.16. The summed E-state index contributed by atoms with van der Waals surface area (Å²) < 4.78 is 35.7. The number of aliphatic hydroxyl groups excluding tert-OH is 2. The summed E-state index contributed by atoms with van der Waals surface area (Å²) in [6, 6.07) is 7.47. The van der Waals surface area contributed by atoms with Gasteiger partial charge in [0.05, 0.1) is 51.8 Å². The fraction of sp³-hybridized carbons (Fsp3) is 0.783. The predicted octanol–water partition coefficient (Wildman–Crippen LogP) is 11.0. The van der Waals surface area contributed by atoms with Crippen LogP contribution in [0.3, 0.4) is 0 Å². The van der Waals surface area contributed by atoms with Crippen LogP contribution in [0.25, 0.3) is 0 Å². The topological polar surface area (TPSA) is 95.8 Å². The number of rotatable bonds is 42. The third-order valence-corrected chi connectivity index (χ3v) is 9.59. The van der Waals surface area contributed by atoms with E-state index in [1.165, 1.54) is 103 Å². The van der Waals surface area contributed by atoms with Gasteiger partial charge in [0, 0.05) is 6.07 Å². The van der Waals surface area contributed by atoms with E-state index in [1.54, 1.807) is 12.2 Å². The highest BCUT2D eigenvalue weighted by Crippen LogP contribution is 2.21. The first-order valence-corrected chi connectivity index (χ1v) is 21.8. The molecule has 314 valence electrons. The zero-order valence-electron chi connectivity index (χ0n) is 34.7. The smallest absolute Gasteiger partial charge is 0.123 e. The maximum Gasteiger partial charge on any atom is 0.123 e. The van der Waals surface area contributed by atoms with Crippen LogP contribution in [0.4, 0.5) is 0 Å². The normalized spacial score (nSPS) is 13.7. The van der Waals surface area contributed by atoms with Gasteiger partial charge in [-0.05, 0) is 25.0 Å². The van der Waals surface area contributed by atoms with E-state index in [2.05, 4.69) is 27.0 Å². The molecule has 54 heavy (non-hydrogen) atoms. The highest BCUT2D eigenvalue weighted by atomic mass is 16.6. The first-order chi connectivity index (χ1) is 26.5. The van der Waals surface area contributed by atoms with Crippen LogP contribution in [0.2, 0.25) is 0 Å². The molecule has 0 heterocycles. The van der Waals surface area contributed by atoms with Gasteiger partial charge in [-0.2, -0.15) is 0 Å². The summed E-state index contributed by atoms with van der Waals surface area (Å²) in [5, 5.41) is 21.2. The van der Waals surface area contributed by atoms with Crippen molar-refractivity contribution in [1.82, 2.24) is 0 Å². The monoisotopic (exact) mass is 763 g/mol. The van der Waals surface area contributed by atoms with Crippen molar-refractivity contribution >= 4 is 0 Å². The van der Waals surface area contributed by atoms with Crippen molar-refractivity contribution in [2.24, 2.45) is 0 Å². The van der Waals surface area contributed by atoms with E-state index in [9.17, 15) is 10.2 Å². The highest BCUT2D eigenvalue weighted by molar-refractivity contribution is 5.33. The number of ether oxygens (including phenoxy) is 6. The van der Waals surface area contributed by atoms with Crippen LogP contribution < -0.4 is 9.47 Å². The zero-order valence-corrected chi connectivity index (χ0v) is 34.7. The molecule has 0 aliphatic rings. The Labute approximate surface area is 331 Å². The van der Waals surface area contributed by atoms with Gasteiger partial charge in [0.2, 0.25) is 0 Å². The Bertz CT molecular complexity index is 887. The van der Waals surface area contributed by atoms with Crippen LogP contribution in [0.15, 0.2) is 49.6 Å². The van der Waals surface area contributed by atoms with E-state index in [4.69, 9.17) is 28.4 Å². The summed E-state index contributed by atoms with van der Waals surface area (Å²) in [7, 11) is 0. The largest absolute Gasteiger partial charge is 0.491 e. The quantitative estimate of drug-likeness (QED) is 0.0502. The maximum atomic E-state index is 10.6. The Kier molecular flexibility index (Phi) is 35.2. The van der Waals surface area contributed by atoms with Gasteiger partial charge in [-0.15, -0.1) is 13.2 Å². The minimum absolute atomic E-state index is 0.245. The summed E-state index contributed by atoms with van der Waals surface area (Å²) in [5.41, 5.74) is 0. The van der Waals surface area contributed by atoms with Crippen molar-refractivity contribution in [3.63, 3.8) is 0 Å². The van der Waals surface area contributed by atoms with E-state index in [0.717, 1.165) is 38.5 Å². The lowest BCUT2D eigenvalue weighted by atomic mass is 10.0. The second kappa shape index (κ2) is 38.0. The first-order valence-electron chi connectivity index (χ1n) is 21.8. The second-order valence-corrected chi connectivity index (χ2v) is 14.9. The Morgan fingerprint density at radius 2 is 0.852 bits per heavy atom. The van der Waals surface area contributed by atoms with Gasteiger partial charge in [-0.25, -0.2) is 0 Å². The van der Waals surface area contributed by atoms with Crippen molar-refractivity contribution in [1.29, 1.82) is 0 Å². The number of hydrogen-bond acceptors (Lipinski definition) is 8. The van der Waals surface area contributed by atoms with Crippen molar-refractivity contribution in [2.75, 3.05) is 52.9 Å². The average Bonchev–Trinajstić information content (AvgIpc) is 3.18. The molecular formula is C46H82O8. The summed E-state index contributed by atoms with van der Waals surface area (Å²) in [4.78, 5) is 0. The van der Waals surface area contributed by atoms with Crippen molar-refractivity contribution in [3.05, 3.63) is 49.6 Å². The molecule has 8 heteroatoms. The van der Waals surface area contributed by atoms with Gasteiger partial charge in [-0.3, -0.25) is 0 Å². The SMILES string of the molecule is C=CCOCC(COc1cccc(OCC(COCC=C)OCC(O)CCCCCCCCCCCC)c1)OCC(O)CCCCCCCCCCCC. The fourth-order valence-electron chi connectivity index (χ4n) is 6.28. The molecule has 1 aromatic rings. The first kappa shape index (κ1) is 50.1. The lowest BCUT2D eigenvalue weighted by molar-refractivity contribution is -0.0632. The van der Waals surface area contributed by atoms with Gasteiger partial charge >= 0.3 is 0 Å². The number of benzene rings is 1. The Hall–Kier alpha value is -1.94. The van der Waals surface area contributed by atoms with Crippen LogP contribution in [0, 0.1) is 0 Å². The van der Waals surface area contributed by atoms with Crippen LogP contribution >= 0.6 is 0 Å². The van der Waals surface area contributed by atoms with E-state index >= 15 is 0 Å². The van der Waals surface area contributed by atoms with Crippen LogP contribution in [-0.4, -0.2) is 87.5 Å². The van der Waals surface area contributed by atoms with Gasteiger partial charge < -0.3 is 38.6 Å². The molecule has 4 atom stereocenters. The Morgan fingerprint density at radius 3 is 1.20 bits per heavy atom. The molecule has 0 fully saturated rings. The molecule has 0 amide bonds. The molecule has 0 saturated heterocycles. The van der Waals surface area contributed by atoms with Crippen molar-refractivity contribution < 1.29 is 38.6 Å². The third-order valence-electron chi connectivity index (χ3n) is 9.59.